The van der Waals surface area contributed by atoms with Crippen LogP contribution < -0.4 is 5.32 Å². The number of nitrogens with zero attached hydrogens (tertiary/aromatic N) is 1. The van der Waals surface area contributed by atoms with Gasteiger partial charge in [0.2, 0.25) is 0 Å². The fourth-order valence-electron chi connectivity index (χ4n) is 8.71. The van der Waals surface area contributed by atoms with Gasteiger partial charge in [-0.3, -0.25) is 14.5 Å². The zero-order chi connectivity index (χ0) is 34.9. The molecule has 0 spiro atoms. The van der Waals surface area contributed by atoms with Crippen LogP contribution in [0.15, 0.2) is 72.8 Å². The number of fused-ring (bicyclic) bond motifs is 2. The van der Waals surface area contributed by atoms with Gasteiger partial charge in [-0.1, -0.05) is 88.4 Å². The maximum atomic E-state index is 12.4. The molecule has 2 bridgehead atoms. The number of amides is 1. The number of benzene rings is 3. The molecule has 3 aromatic carbocycles. The molecule has 6 rings (SSSR count). The molecule has 262 valence electrons. The van der Waals surface area contributed by atoms with E-state index < -0.39 is 18.4 Å². The molecule has 1 amide bonds. The van der Waals surface area contributed by atoms with E-state index in [9.17, 15) is 14.7 Å². The molecule has 3 fully saturated rings. The summed E-state index contributed by atoms with van der Waals surface area (Å²) in [6, 6.07) is 25.0. The molecule has 2 heterocycles. The van der Waals surface area contributed by atoms with Crippen LogP contribution in [-0.2, 0) is 37.0 Å². The molecular formula is C41H52N2O6. The minimum Gasteiger partial charge on any atom is -0.453 e. The standard InChI is InChI=1S/C41H52N2O6/c1-26-36(22-43-25-41(6)20-35(43)19-40(4,5)24-41)48-39(49-37(26)31-15-13-29(23-44)14-16-31)34-12-8-11-33(18-34)32-10-7-9-30(17-32)21-42-38(46)27(2)47-28(3)45/h7-18,26-27,35-37,39,44H,19-25H2,1-6H3,(H,42,46)/t26-,27+,35?,36+,37+,39+,41?/m1/s1. The van der Waals surface area contributed by atoms with Crippen molar-refractivity contribution < 1.29 is 28.9 Å². The third kappa shape index (κ3) is 8.26. The monoisotopic (exact) mass is 668 g/mol. The molecular weight excluding hydrogens is 616 g/mol. The van der Waals surface area contributed by atoms with Gasteiger partial charge < -0.3 is 24.6 Å². The number of esters is 1. The van der Waals surface area contributed by atoms with Gasteiger partial charge in [-0.05, 0) is 77.0 Å². The van der Waals surface area contributed by atoms with E-state index in [1.807, 2.05) is 30.3 Å². The molecule has 7 atom stereocenters. The summed E-state index contributed by atoms with van der Waals surface area (Å²) in [5.41, 5.74) is 6.58. The summed E-state index contributed by atoms with van der Waals surface area (Å²) in [5.74, 6) is -0.705. The SMILES string of the molecule is CC(=O)O[C@@H](C)C(=O)NCc1cccc(-c2cccc([C@H]3O[C@@H](CN4CC5(C)CC4CC(C)(C)C5)[C@@H](C)[C@@H](c4ccc(CO)cc4)O3)c2)c1. The molecule has 2 saturated heterocycles. The predicted molar refractivity (Wildman–Crippen MR) is 189 cm³/mol. The molecule has 1 aliphatic carbocycles. The van der Waals surface area contributed by atoms with E-state index in [0.29, 0.717) is 23.4 Å². The van der Waals surface area contributed by atoms with Gasteiger partial charge in [-0.25, -0.2) is 0 Å². The van der Waals surface area contributed by atoms with Crippen molar-refractivity contribution in [2.75, 3.05) is 13.1 Å². The third-order valence-corrected chi connectivity index (χ3v) is 10.7. The number of hydrogen-bond donors (Lipinski definition) is 2. The van der Waals surface area contributed by atoms with Crippen molar-refractivity contribution in [3.8, 4) is 11.1 Å². The summed E-state index contributed by atoms with van der Waals surface area (Å²) in [5, 5.41) is 12.5. The minimum absolute atomic E-state index is 0.00888. The fraction of sp³-hybridized carbons (Fsp3) is 0.512. The van der Waals surface area contributed by atoms with Crippen LogP contribution in [0, 0.1) is 16.7 Å². The molecule has 3 aliphatic rings. The first kappa shape index (κ1) is 35.3. The van der Waals surface area contributed by atoms with Crippen molar-refractivity contribution >= 4 is 11.9 Å². The lowest BCUT2D eigenvalue weighted by Crippen LogP contribution is -2.46. The lowest BCUT2D eigenvalue weighted by Gasteiger charge is -2.43. The van der Waals surface area contributed by atoms with Crippen molar-refractivity contribution in [1.82, 2.24) is 10.2 Å². The second-order valence-electron chi connectivity index (χ2n) is 15.8. The number of nitrogens with one attached hydrogen (secondary N) is 1. The van der Waals surface area contributed by atoms with E-state index in [0.717, 1.165) is 46.5 Å². The third-order valence-electron chi connectivity index (χ3n) is 10.7. The number of aliphatic hydroxyl groups excluding tert-OH is 1. The number of hydrogen-bond acceptors (Lipinski definition) is 7. The van der Waals surface area contributed by atoms with E-state index in [4.69, 9.17) is 14.2 Å². The summed E-state index contributed by atoms with van der Waals surface area (Å²) in [6.45, 7) is 14.7. The number of aliphatic hydroxyl groups is 1. The Balaban J connectivity index is 1.23. The van der Waals surface area contributed by atoms with Crippen molar-refractivity contribution in [3.05, 3.63) is 95.1 Å². The van der Waals surface area contributed by atoms with Crippen molar-refractivity contribution in [1.29, 1.82) is 0 Å². The lowest BCUT2D eigenvalue weighted by atomic mass is 9.65. The number of likely N-dealkylation sites (tertiary alicyclic amines) is 1. The second kappa shape index (κ2) is 14.4. The quantitative estimate of drug-likeness (QED) is 0.223. The first-order chi connectivity index (χ1) is 23.3. The first-order valence-corrected chi connectivity index (χ1v) is 17.7. The highest BCUT2D eigenvalue weighted by molar-refractivity contribution is 5.82. The van der Waals surface area contributed by atoms with Crippen molar-refractivity contribution in [3.63, 3.8) is 0 Å². The van der Waals surface area contributed by atoms with Crippen LogP contribution in [0.5, 0.6) is 0 Å². The van der Waals surface area contributed by atoms with Gasteiger partial charge >= 0.3 is 5.97 Å². The Labute approximate surface area is 291 Å². The van der Waals surface area contributed by atoms with Crippen LogP contribution >= 0.6 is 0 Å². The van der Waals surface area contributed by atoms with Crippen molar-refractivity contribution in [2.45, 2.75) is 105 Å². The molecule has 2 unspecified atom stereocenters. The molecule has 1 saturated carbocycles. The normalized spacial score (nSPS) is 28.5. The van der Waals surface area contributed by atoms with Crippen LogP contribution in [0.4, 0.5) is 0 Å². The summed E-state index contributed by atoms with van der Waals surface area (Å²) < 4.78 is 18.7. The molecule has 2 N–H and O–H groups in total. The summed E-state index contributed by atoms with van der Waals surface area (Å²) in [4.78, 5) is 26.3. The van der Waals surface area contributed by atoms with Gasteiger partial charge in [0, 0.05) is 44.1 Å². The van der Waals surface area contributed by atoms with Crippen LogP contribution in [0.1, 0.15) is 95.5 Å². The highest BCUT2D eigenvalue weighted by Crippen LogP contribution is 2.53. The van der Waals surface area contributed by atoms with Gasteiger partial charge in [0.25, 0.3) is 5.91 Å². The maximum Gasteiger partial charge on any atom is 0.303 e. The van der Waals surface area contributed by atoms with Crippen LogP contribution in [-0.4, -0.2) is 53.2 Å². The van der Waals surface area contributed by atoms with E-state index in [-0.39, 0.29) is 30.6 Å². The fourth-order valence-corrected chi connectivity index (χ4v) is 8.71. The average molecular weight is 669 g/mol. The van der Waals surface area contributed by atoms with E-state index >= 15 is 0 Å². The largest absolute Gasteiger partial charge is 0.453 e. The van der Waals surface area contributed by atoms with Crippen LogP contribution in [0.25, 0.3) is 11.1 Å². The molecule has 2 aliphatic heterocycles. The van der Waals surface area contributed by atoms with Gasteiger partial charge in [0.15, 0.2) is 12.4 Å². The Bertz CT molecular complexity index is 1640. The summed E-state index contributed by atoms with van der Waals surface area (Å²) in [6.07, 6.45) is 2.12. The lowest BCUT2D eigenvalue weighted by molar-refractivity contribution is -0.276. The minimum atomic E-state index is -0.851. The molecule has 49 heavy (non-hydrogen) atoms. The van der Waals surface area contributed by atoms with Gasteiger partial charge in [-0.2, -0.15) is 0 Å². The Morgan fingerprint density at radius 3 is 2.39 bits per heavy atom. The zero-order valence-corrected chi connectivity index (χ0v) is 29.8. The van der Waals surface area contributed by atoms with Crippen LogP contribution in [0.2, 0.25) is 0 Å². The highest BCUT2D eigenvalue weighted by Gasteiger charge is 2.51. The molecule has 8 nitrogen and oxygen atoms in total. The van der Waals surface area contributed by atoms with E-state index in [2.05, 4.69) is 80.4 Å². The number of carbonyl (C=O) groups is 2. The zero-order valence-electron chi connectivity index (χ0n) is 29.8. The van der Waals surface area contributed by atoms with Crippen molar-refractivity contribution in [2.24, 2.45) is 16.7 Å². The molecule has 0 radical (unpaired) electrons. The Morgan fingerprint density at radius 1 is 0.959 bits per heavy atom. The second-order valence-corrected chi connectivity index (χ2v) is 15.8. The van der Waals surface area contributed by atoms with Crippen LogP contribution in [0.3, 0.4) is 0 Å². The highest BCUT2D eigenvalue weighted by atomic mass is 16.7. The average Bonchev–Trinajstić information content (AvgIpc) is 3.31. The maximum absolute atomic E-state index is 12.4. The van der Waals surface area contributed by atoms with Gasteiger partial charge in [-0.15, -0.1) is 0 Å². The Kier molecular flexibility index (Phi) is 10.3. The van der Waals surface area contributed by atoms with Gasteiger partial charge in [0.05, 0.1) is 18.8 Å². The molecule has 3 aromatic rings. The Morgan fingerprint density at radius 2 is 1.67 bits per heavy atom. The smallest absolute Gasteiger partial charge is 0.303 e. The van der Waals surface area contributed by atoms with E-state index in [1.165, 1.54) is 26.2 Å². The Hall–Kier alpha value is -3.56. The topological polar surface area (TPSA) is 97.3 Å². The van der Waals surface area contributed by atoms with E-state index in [1.54, 1.807) is 6.92 Å². The first-order valence-electron chi connectivity index (χ1n) is 17.7. The number of carbonyl (C=O) groups excluding carboxylic acids is 2. The molecule has 8 heteroatoms. The predicted octanol–water partition coefficient (Wildman–Crippen LogP) is 7.11. The molecule has 0 aromatic heterocycles. The van der Waals surface area contributed by atoms with Gasteiger partial charge in [0.1, 0.15) is 0 Å². The number of ether oxygens (including phenoxy) is 3. The number of rotatable bonds is 10. The summed E-state index contributed by atoms with van der Waals surface area (Å²) >= 11 is 0. The summed E-state index contributed by atoms with van der Waals surface area (Å²) in [7, 11) is 0.